The van der Waals surface area contributed by atoms with Crippen LogP contribution in [0.25, 0.3) is 17.0 Å². The third-order valence-corrected chi connectivity index (χ3v) is 6.14. The van der Waals surface area contributed by atoms with Crippen LogP contribution in [0.1, 0.15) is 53.7 Å². The van der Waals surface area contributed by atoms with Crippen molar-refractivity contribution in [2.24, 2.45) is 0 Å². The van der Waals surface area contributed by atoms with Gasteiger partial charge >= 0.3 is 0 Å². The predicted octanol–water partition coefficient (Wildman–Crippen LogP) is 4.48. The molecule has 1 aromatic carbocycles. The zero-order chi connectivity index (χ0) is 22.9. The number of fused-ring (bicyclic) bond motifs is 2. The molecule has 33 heavy (non-hydrogen) atoms. The van der Waals surface area contributed by atoms with Crippen molar-refractivity contribution in [3.63, 3.8) is 0 Å². The van der Waals surface area contributed by atoms with Gasteiger partial charge in [0, 0.05) is 35.5 Å². The number of benzene rings is 1. The maximum atomic E-state index is 13.3. The third kappa shape index (κ3) is 3.44. The fourth-order valence-electron chi connectivity index (χ4n) is 4.24. The van der Waals surface area contributed by atoms with Crippen LogP contribution < -0.4 is 10.1 Å². The van der Waals surface area contributed by atoms with Crippen LogP contribution in [0.3, 0.4) is 0 Å². The first kappa shape index (κ1) is 19.9. The summed E-state index contributed by atoms with van der Waals surface area (Å²) in [6.07, 6.45) is 3.74. The molecule has 0 spiro atoms. The van der Waals surface area contributed by atoms with E-state index in [0.717, 1.165) is 23.3 Å². The monoisotopic (exact) mass is 447 g/mol. The van der Waals surface area contributed by atoms with Gasteiger partial charge < -0.3 is 14.6 Å². The Morgan fingerprint density at radius 1 is 1.30 bits per heavy atom. The molecule has 6 rings (SSSR count). The molecular formula is C24H22FN5O3. The van der Waals surface area contributed by atoms with Gasteiger partial charge in [-0.15, -0.1) is 0 Å². The number of halogens is 1. The van der Waals surface area contributed by atoms with Gasteiger partial charge in [0.2, 0.25) is 11.7 Å². The van der Waals surface area contributed by atoms with E-state index >= 15 is 0 Å². The van der Waals surface area contributed by atoms with Gasteiger partial charge in [-0.3, -0.25) is 9.20 Å². The molecule has 4 heterocycles. The van der Waals surface area contributed by atoms with Crippen molar-refractivity contribution in [3.05, 3.63) is 59.4 Å². The fraction of sp³-hybridized carbons (Fsp3) is 0.333. The first-order valence-corrected chi connectivity index (χ1v) is 10.9. The highest BCUT2D eigenvalue weighted by Crippen LogP contribution is 2.43. The molecular weight excluding hydrogens is 425 g/mol. The number of aromatic nitrogens is 4. The minimum Gasteiger partial charge on any atom is -0.487 e. The van der Waals surface area contributed by atoms with E-state index in [1.807, 2.05) is 45.2 Å². The summed E-state index contributed by atoms with van der Waals surface area (Å²) in [5.74, 6) is 0.899. The van der Waals surface area contributed by atoms with Crippen LogP contribution in [-0.2, 0) is 6.42 Å². The SMILES string of the molecule is Cc1ccc(-c2noc([C@H]3C[C@@H]3F)n2)cc1NC(=O)c1cnc2cc3c(cn12)CC(C)(C)O3. The number of ether oxygens (including phenoxy) is 1. The number of rotatable bonds is 4. The average molecular weight is 447 g/mol. The van der Waals surface area contributed by atoms with Crippen LogP contribution in [0.5, 0.6) is 5.75 Å². The van der Waals surface area contributed by atoms with Gasteiger partial charge in [0.15, 0.2) is 0 Å². The number of aryl methyl sites for hydroxylation is 1. The Balaban J connectivity index is 1.28. The Hall–Kier alpha value is -3.75. The standard InChI is InChI=1S/C24H22FN5O3/c1-12-4-5-13(21-28-23(33-29-21)15-7-16(15)25)6-17(12)27-22(31)18-10-26-20-8-19-14(11-30(18)20)9-24(2,3)32-19/h4-6,8,10-11,15-16H,7,9H2,1-3H3,(H,27,31)/t15-,16-/m0/s1. The molecule has 1 saturated carbocycles. The van der Waals surface area contributed by atoms with Crippen molar-refractivity contribution in [2.45, 2.75) is 51.3 Å². The number of alkyl halides is 1. The Kier molecular flexibility index (Phi) is 4.14. The zero-order valence-corrected chi connectivity index (χ0v) is 18.4. The fourth-order valence-corrected chi connectivity index (χ4v) is 4.24. The molecule has 9 heteroatoms. The summed E-state index contributed by atoms with van der Waals surface area (Å²) in [5, 5.41) is 6.95. The van der Waals surface area contributed by atoms with Crippen LogP contribution in [0.15, 0.2) is 41.2 Å². The van der Waals surface area contributed by atoms with E-state index in [0.29, 0.717) is 40.7 Å². The number of hydrogen-bond donors (Lipinski definition) is 1. The lowest BCUT2D eigenvalue weighted by molar-refractivity contribution is 0.102. The molecule has 2 aliphatic rings. The van der Waals surface area contributed by atoms with Crippen LogP contribution in [0, 0.1) is 6.92 Å². The number of nitrogens with one attached hydrogen (secondary N) is 1. The highest BCUT2D eigenvalue weighted by atomic mass is 19.1. The number of carbonyl (C=O) groups is 1. The van der Waals surface area contributed by atoms with E-state index in [1.54, 1.807) is 16.7 Å². The topological polar surface area (TPSA) is 94.6 Å². The van der Waals surface area contributed by atoms with Gasteiger partial charge in [-0.1, -0.05) is 17.3 Å². The van der Waals surface area contributed by atoms with E-state index in [2.05, 4.69) is 20.4 Å². The summed E-state index contributed by atoms with van der Waals surface area (Å²) in [7, 11) is 0. The molecule has 2 atom stereocenters. The Morgan fingerprint density at radius 3 is 2.91 bits per heavy atom. The van der Waals surface area contributed by atoms with Crippen molar-refractivity contribution in [3.8, 4) is 17.1 Å². The second-order valence-corrected chi connectivity index (χ2v) is 9.37. The molecule has 168 valence electrons. The Morgan fingerprint density at radius 2 is 2.12 bits per heavy atom. The second kappa shape index (κ2) is 6.87. The molecule has 1 N–H and O–H groups in total. The van der Waals surface area contributed by atoms with Crippen molar-refractivity contribution >= 4 is 17.2 Å². The number of imidazole rings is 1. The molecule has 1 aliphatic carbocycles. The summed E-state index contributed by atoms with van der Waals surface area (Å²) < 4.78 is 26.3. The van der Waals surface area contributed by atoms with Crippen molar-refractivity contribution in [2.75, 3.05) is 5.32 Å². The summed E-state index contributed by atoms with van der Waals surface area (Å²) >= 11 is 0. The molecule has 1 aliphatic heterocycles. The lowest BCUT2D eigenvalue weighted by Crippen LogP contribution is -2.24. The lowest BCUT2D eigenvalue weighted by atomic mass is 10.0. The molecule has 1 amide bonds. The molecule has 3 aromatic heterocycles. The van der Waals surface area contributed by atoms with Crippen LogP contribution in [0.2, 0.25) is 0 Å². The highest BCUT2D eigenvalue weighted by molar-refractivity contribution is 6.04. The smallest absolute Gasteiger partial charge is 0.274 e. The number of carbonyl (C=O) groups excluding carboxylic acids is 1. The van der Waals surface area contributed by atoms with E-state index in [-0.39, 0.29) is 17.4 Å². The highest BCUT2D eigenvalue weighted by Gasteiger charge is 2.43. The largest absolute Gasteiger partial charge is 0.487 e. The van der Waals surface area contributed by atoms with Gasteiger partial charge in [0.25, 0.3) is 5.91 Å². The minimum absolute atomic E-state index is 0.276. The van der Waals surface area contributed by atoms with Crippen LogP contribution >= 0.6 is 0 Å². The third-order valence-electron chi connectivity index (χ3n) is 6.14. The molecule has 4 aromatic rings. The van der Waals surface area contributed by atoms with E-state index < -0.39 is 6.17 Å². The van der Waals surface area contributed by atoms with Crippen molar-refractivity contribution in [1.29, 1.82) is 0 Å². The number of anilines is 1. The van der Waals surface area contributed by atoms with Crippen molar-refractivity contribution in [1.82, 2.24) is 19.5 Å². The first-order chi connectivity index (χ1) is 15.8. The van der Waals surface area contributed by atoms with Gasteiger partial charge in [-0.05, 0) is 38.8 Å². The molecule has 0 saturated heterocycles. The zero-order valence-electron chi connectivity index (χ0n) is 18.4. The normalized spacial score (nSPS) is 20.5. The van der Waals surface area contributed by atoms with Crippen LogP contribution in [-0.4, -0.2) is 37.2 Å². The molecule has 0 bridgehead atoms. The van der Waals surface area contributed by atoms with Gasteiger partial charge in [-0.25, -0.2) is 9.37 Å². The second-order valence-electron chi connectivity index (χ2n) is 9.37. The maximum absolute atomic E-state index is 13.3. The molecule has 0 unspecified atom stereocenters. The average Bonchev–Trinajstić information content (AvgIpc) is 3.12. The van der Waals surface area contributed by atoms with Crippen LogP contribution in [0.4, 0.5) is 10.1 Å². The summed E-state index contributed by atoms with van der Waals surface area (Å²) in [4.78, 5) is 21.9. The Bertz CT molecular complexity index is 1420. The van der Waals surface area contributed by atoms with Crippen molar-refractivity contribution < 1.29 is 18.4 Å². The quantitative estimate of drug-likeness (QED) is 0.496. The van der Waals surface area contributed by atoms with E-state index in [9.17, 15) is 9.18 Å². The molecule has 8 nitrogen and oxygen atoms in total. The molecule has 0 radical (unpaired) electrons. The maximum Gasteiger partial charge on any atom is 0.274 e. The number of pyridine rings is 1. The lowest BCUT2D eigenvalue weighted by Gasteiger charge is -2.16. The number of amides is 1. The summed E-state index contributed by atoms with van der Waals surface area (Å²) in [6.45, 7) is 5.97. The number of hydrogen-bond acceptors (Lipinski definition) is 6. The summed E-state index contributed by atoms with van der Waals surface area (Å²) in [6, 6.07) is 7.37. The van der Waals surface area contributed by atoms with Gasteiger partial charge in [0.05, 0.1) is 12.1 Å². The predicted molar refractivity (Wildman–Crippen MR) is 118 cm³/mol. The van der Waals surface area contributed by atoms with Gasteiger partial charge in [-0.2, -0.15) is 4.98 Å². The van der Waals surface area contributed by atoms with E-state index in [4.69, 9.17) is 9.26 Å². The van der Waals surface area contributed by atoms with E-state index in [1.165, 1.54) is 0 Å². The first-order valence-electron chi connectivity index (χ1n) is 10.9. The summed E-state index contributed by atoms with van der Waals surface area (Å²) in [5.41, 5.74) is 4.01. The number of nitrogens with zero attached hydrogens (tertiary/aromatic N) is 4. The Labute approximate surface area is 188 Å². The van der Waals surface area contributed by atoms with Gasteiger partial charge in [0.1, 0.15) is 28.9 Å². The minimum atomic E-state index is -0.907. The molecule has 1 fully saturated rings.